The third-order valence-electron chi connectivity index (χ3n) is 5.85. The van der Waals surface area contributed by atoms with E-state index in [0.717, 1.165) is 24.9 Å². The fourth-order valence-corrected chi connectivity index (χ4v) is 5.66. The standard InChI is InChI=1S/C18H23NO2/c1-12(20)19-16-4-2-15(3-5-16)17-7-13-6-14(8-17)10-18(21,9-13)11-17/h2-5,13-14,21H,6-11H2,1H3,(H,19,20). The summed E-state index contributed by atoms with van der Waals surface area (Å²) < 4.78 is 0. The summed E-state index contributed by atoms with van der Waals surface area (Å²) in [6.07, 6.45) is 6.71. The van der Waals surface area contributed by atoms with Gasteiger partial charge < -0.3 is 10.4 Å². The molecule has 3 heteroatoms. The van der Waals surface area contributed by atoms with Gasteiger partial charge in [0.1, 0.15) is 0 Å². The number of nitrogens with one attached hydrogen (secondary N) is 1. The van der Waals surface area contributed by atoms with E-state index in [-0.39, 0.29) is 11.3 Å². The van der Waals surface area contributed by atoms with Gasteiger partial charge >= 0.3 is 0 Å². The zero-order chi connectivity index (χ0) is 14.7. The Bertz CT molecular complexity index is 563. The fraction of sp³-hybridized carbons (Fsp3) is 0.611. The van der Waals surface area contributed by atoms with Crippen LogP contribution in [0, 0.1) is 11.8 Å². The number of hydrogen-bond acceptors (Lipinski definition) is 2. The van der Waals surface area contributed by atoms with Crippen molar-refractivity contribution in [2.45, 2.75) is 56.5 Å². The van der Waals surface area contributed by atoms with Crippen LogP contribution in [0.15, 0.2) is 24.3 Å². The van der Waals surface area contributed by atoms with E-state index in [9.17, 15) is 9.90 Å². The Morgan fingerprint density at radius 2 is 1.76 bits per heavy atom. The van der Waals surface area contributed by atoms with Gasteiger partial charge in [0.15, 0.2) is 0 Å². The Labute approximate surface area is 125 Å². The normalized spacial score (nSPS) is 40.3. The summed E-state index contributed by atoms with van der Waals surface area (Å²) in [5.41, 5.74) is 1.97. The lowest BCUT2D eigenvalue weighted by Crippen LogP contribution is -2.57. The number of carbonyl (C=O) groups excluding carboxylic acids is 1. The van der Waals surface area contributed by atoms with Gasteiger partial charge in [-0.2, -0.15) is 0 Å². The van der Waals surface area contributed by atoms with Crippen LogP contribution < -0.4 is 5.32 Å². The summed E-state index contributed by atoms with van der Waals surface area (Å²) in [6.45, 7) is 1.53. The van der Waals surface area contributed by atoms with Crippen molar-refractivity contribution >= 4 is 11.6 Å². The predicted octanol–water partition coefficient (Wildman–Crippen LogP) is 3.23. The number of aliphatic hydroxyl groups is 1. The van der Waals surface area contributed by atoms with Crippen molar-refractivity contribution in [3.63, 3.8) is 0 Å². The van der Waals surface area contributed by atoms with Gasteiger partial charge in [-0.1, -0.05) is 12.1 Å². The Morgan fingerprint density at radius 3 is 2.29 bits per heavy atom. The maximum atomic E-state index is 11.1. The largest absolute Gasteiger partial charge is 0.390 e. The molecule has 0 spiro atoms. The van der Waals surface area contributed by atoms with Crippen LogP contribution in [0.5, 0.6) is 0 Å². The summed E-state index contributed by atoms with van der Waals surface area (Å²) in [7, 11) is 0. The fourth-order valence-electron chi connectivity index (χ4n) is 5.66. The third kappa shape index (κ3) is 2.18. The average molecular weight is 285 g/mol. The monoisotopic (exact) mass is 285 g/mol. The molecule has 0 aromatic heterocycles. The molecule has 1 aromatic rings. The van der Waals surface area contributed by atoms with Crippen LogP contribution in [0.25, 0.3) is 0 Å². The third-order valence-corrected chi connectivity index (χ3v) is 5.85. The summed E-state index contributed by atoms with van der Waals surface area (Å²) in [5, 5.41) is 13.7. The number of anilines is 1. The van der Waals surface area contributed by atoms with Crippen LogP contribution in [0.3, 0.4) is 0 Å². The van der Waals surface area contributed by atoms with Crippen molar-refractivity contribution in [2.24, 2.45) is 11.8 Å². The van der Waals surface area contributed by atoms with E-state index in [4.69, 9.17) is 0 Å². The molecule has 2 atom stereocenters. The lowest BCUT2D eigenvalue weighted by molar-refractivity contribution is -0.137. The van der Waals surface area contributed by atoms with Crippen LogP contribution in [0.2, 0.25) is 0 Å². The van der Waals surface area contributed by atoms with Gasteiger partial charge in [-0.3, -0.25) is 4.79 Å². The first-order valence-electron chi connectivity index (χ1n) is 8.07. The minimum Gasteiger partial charge on any atom is -0.390 e. The highest BCUT2D eigenvalue weighted by Crippen LogP contribution is 2.62. The smallest absolute Gasteiger partial charge is 0.221 e. The number of amides is 1. The number of benzene rings is 1. The molecule has 2 unspecified atom stereocenters. The van der Waals surface area contributed by atoms with Crippen LogP contribution in [0.1, 0.15) is 51.0 Å². The zero-order valence-electron chi connectivity index (χ0n) is 12.6. The van der Waals surface area contributed by atoms with Gasteiger partial charge in [-0.25, -0.2) is 0 Å². The summed E-state index contributed by atoms with van der Waals surface area (Å²) in [6, 6.07) is 8.31. The molecule has 4 bridgehead atoms. The van der Waals surface area contributed by atoms with E-state index >= 15 is 0 Å². The number of hydrogen-bond donors (Lipinski definition) is 2. The van der Waals surface area contributed by atoms with E-state index in [1.54, 1.807) is 0 Å². The first kappa shape index (κ1) is 13.3. The van der Waals surface area contributed by atoms with Crippen molar-refractivity contribution in [1.29, 1.82) is 0 Å². The van der Waals surface area contributed by atoms with Gasteiger partial charge in [-0.05, 0) is 73.5 Å². The predicted molar refractivity (Wildman–Crippen MR) is 82.1 cm³/mol. The molecule has 4 aliphatic carbocycles. The summed E-state index contributed by atoms with van der Waals surface area (Å²) in [5.74, 6) is 1.37. The van der Waals surface area contributed by atoms with E-state index in [1.807, 2.05) is 12.1 Å². The van der Waals surface area contributed by atoms with Gasteiger partial charge in [0.2, 0.25) is 5.91 Å². The highest BCUT2D eigenvalue weighted by atomic mass is 16.3. The van der Waals surface area contributed by atoms with E-state index < -0.39 is 5.60 Å². The summed E-state index contributed by atoms with van der Waals surface area (Å²) >= 11 is 0. The molecule has 112 valence electrons. The first-order chi connectivity index (χ1) is 9.96. The van der Waals surface area contributed by atoms with Gasteiger partial charge in [0, 0.05) is 12.6 Å². The highest BCUT2D eigenvalue weighted by molar-refractivity contribution is 5.88. The minimum atomic E-state index is -0.416. The molecule has 0 saturated heterocycles. The Morgan fingerprint density at radius 1 is 1.14 bits per heavy atom. The maximum Gasteiger partial charge on any atom is 0.221 e. The number of carbonyl (C=O) groups is 1. The molecule has 1 aromatic carbocycles. The van der Waals surface area contributed by atoms with Gasteiger partial charge in [-0.15, -0.1) is 0 Å². The Balaban J connectivity index is 1.65. The molecule has 0 heterocycles. The quantitative estimate of drug-likeness (QED) is 0.876. The molecule has 1 amide bonds. The average Bonchev–Trinajstić information content (AvgIpc) is 2.35. The molecule has 5 rings (SSSR count). The molecule has 4 fully saturated rings. The molecule has 4 saturated carbocycles. The Hall–Kier alpha value is -1.35. The van der Waals surface area contributed by atoms with Crippen molar-refractivity contribution in [3.8, 4) is 0 Å². The van der Waals surface area contributed by atoms with Gasteiger partial charge in [0.05, 0.1) is 5.60 Å². The van der Waals surface area contributed by atoms with Crippen molar-refractivity contribution < 1.29 is 9.90 Å². The topological polar surface area (TPSA) is 49.3 Å². The van der Waals surface area contributed by atoms with E-state index in [1.165, 1.54) is 31.7 Å². The second-order valence-corrected chi connectivity index (χ2v) is 7.72. The maximum absolute atomic E-state index is 11.1. The lowest BCUT2D eigenvalue weighted by Gasteiger charge is -2.60. The van der Waals surface area contributed by atoms with Crippen LogP contribution >= 0.6 is 0 Å². The minimum absolute atomic E-state index is 0.0353. The molecular formula is C18H23NO2. The SMILES string of the molecule is CC(=O)Nc1ccc(C23CC4CC(CC(O)(C4)C2)C3)cc1. The molecular weight excluding hydrogens is 262 g/mol. The summed E-state index contributed by atoms with van der Waals surface area (Å²) in [4.78, 5) is 11.1. The molecule has 4 aliphatic rings. The lowest BCUT2D eigenvalue weighted by atomic mass is 9.46. The van der Waals surface area contributed by atoms with Crippen LogP contribution in [-0.4, -0.2) is 16.6 Å². The molecule has 0 aliphatic heterocycles. The van der Waals surface area contributed by atoms with E-state index in [2.05, 4.69) is 17.4 Å². The van der Waals surface area contributed by atoms with Gasteiger partial charge in [0.25, 0.3) is 0 Å². The molecule has 2 N–H and O–H groups in total. The van der Waals surface area contributed by atoms with Crippen LogP contribution in [-0.2, 0) is 10.2 Å². The second kappa shape index (κ2) is 4.33. The second-order valence-electron chi connectivity index (χ2n) is 7.72. The van der Waals surface area contributed by atoms with Crippen molar-refractivity contribution in [2.75, 3.05) is 5.32 Å². The Kier molecular flexibility index (Phi) is 2.74. The van der Waals surface area contributed by atoms with Crippen molar-refractivity contribution in [1.82, 2.24) is 0 Å². The van der Waals surface area contributed by atoms with E-state index in [0.29, 0.717) is 11.8 Å². The highest BCUT2D eigenvalue weighted by Gasteiger charge is 2.57. The zero-order valence-corrected chi connectivity index (χ0v) is 12.6. The van der Waals surface area contributed by atoms with Crippen LogP contribution in [0.4, 0.5) is 5.69 Å². The molecule has 0 radical (unpaired) electrons. The molecule has 3 nitrogen and oxygen atoms in total. The first-order valence-corrected chi connectivity index (χ1v) is 8.07. The molecule has 21 heavy (non-hydrogen) atoms. The number of rotatable bonds is 2. The van der Waals surface area contributed by atoms with Crippen molar-refractivity contribution in [3.05, 3.63) is 29.8 Å².